The van der Waals surface area contributed by atoms with Gasteiger partial charge in [-0.3, -0.25) is 0 Å². The van der Waals surface area contributed by atoms with Gasteiger partial charge in [0.15, 0.2) is 0 Å². The fourth-order valence-corrected chi connectivity index (χ4v) is 5.81. The van der Waals surface area contributed by atoms with Crippen molar-refractivity contribution >= 4 is 11.8 Å². The highest BCUT2D eigenvalue weighted by Crippen LogP contribution is 2.62. The highest BCUT2D eigenvalue weighted by molar-refractivity contribution is 8.01. The quantitative estimate of drug-likeness (QED) is 0.375. The molecule has 0 bridgehead atoms. The highest BCUT2D eigenvalue weighted by atomic mass is 32.2. The molecule has 0 saturated carbocycles. The van der Waals surface area contributed by atoms with E-state index in [0.717, 1.165) is 24.3 Å². The van der Waals surface area contributed by atoms with Crippen molar-refractivity contribution in [3.05, 3.63) is 89.4 Å². The van der Waals surface area contributed by atoms with Gasteiger partial charge in [-0.2, -0.15) is 30.7 Å². The van der Waals surface area contributed by atoms with Gasteiger partial charge in [0, 0.05) is 11.0 Å². The number of hydrogen-bond donors (Lipinski definition) is 0. The SMILES string of the molecule is CC1=CC(SC(F)(F)C(F)(F)C(F)(F)F)(c2ccccc2F)CC(C)(c2ccccc2F)[CH]1. The minimum absolute atomic E-state index is 0.00432. The summed E-state index contributed by atoms with van der Waals surface area (Å²) < 4.78 is 123. The van der Waals surface area contributed by atoms with E-state index in [0.29, 0.717) is 0 Å². The third-order valence-electron chi connectivity index (χ3n) is 5.49. The molecule has 0 spiro atoms. The van der Waals surface area contributed by atoms with Crippen LogP contribution in [-0.2, 0) is 10.2 Å². The fraction of sp³-hybridized carbons (Fsp3) is 0.348. The Hall–Kier alpha value is -2.10. The van der Waals surface area contributed by atoms with Gasteiger partial charge in [-0.05, 0) is 37.5 Å². The molecule has 1 radical (unpaired) electrons. The zero-order chi connectivity index (χ0) is 24.9. The van der Waals surface area contributed by atoms with Gasteiger partial charge in [0.05, 0.1) is 4.75 Å². The van der Waals surface area contributed by atoms with Crippen molar-refractivity contribution in [3.8, 4) is 0 Å². The third-order valence-corrected chi connectivity index (χ3v) is 6.85. The summed E-state index contributed by atoms with van der Waals surface area (Å²) in [5.41, 5.74) is -1.75. The second-order valence-electron chi connectivity index (χ2n) is 8.17. The maximum Gasteiger partial charge on any atom is 0.460 e. The molecule has 0 N–H and O–H groups in total. The monoisotopic (exact) mass is 497 g/mol. The summed E-state index contributed by atoms with van der Waals surface area (Å²) in [6, 6.07) is 9.71. The molecule has 0 amide bonds. The van der Waals surface area contributed by atoms with Crippen LogP contribution in [0, 0.1) is 18.1 Å². The molecule has 0 aromatic heterocycles. The van der Waals surface area contributed by atoms with Gasteiger partial charge in [0.2, 0.25) is 0 Å². The molecular weight excluding hydrogens is 479 g/mol. The predicted octanol–water partition coefficient (Wildman–Crippen LogP) is 8.20. The number of thioether (sulfide) groups is 1. The largest absolute Gasteiger partial charge is 0.460 e. The van der Waals surface area contributed by atoms with Crippen LogP contribution in [0.3, 0.4) is 0 Å². The molecule has 2 atom stereocenters. The van der Waals surface area contributed by atoms with Crippen molar-refractivity contribution in [1.29, 1.82) is 0 Å². The molecule has 10 heteroatoms. The number of rotatable bonds is 5. The normalized spacial score (nSPS) is 24.5. The Kier molecular flexibility index (Phi) is 6.41. The van der Waals surface area contributed by atoms with E-state index in [-0.39, 0.29) is 11.1 Å². The van der Waals surface area contributed by atoms with Gasteiger partial charge >= 0.3 is 17.4 Å². The van der Waals surface area contributed by atoms with E-state index in [9.17, 15) is 39.5 Å². The second-order valence-corrected chi connectivity index (χ2v) is 9.61. The lowest BCUT2D eigenvalue weighted by Gasteiger charge is -2.46. The van der Waals surface area contributed by atoms with E-state index < -0.39 is 62.9 Å². The number of hydrogen-bond acceptors (Lipinski definition) is 1. The summed E-state index contributed by atoms with van der Waals surface area (Å²) in [5.74, 6) is -8.20. The Labute approximate surface area is 188 Å². The van der Waals surface area contributed by atoms with Gasteiger partial charge in [0.25, 0.3) is 0 Å². The van der Waals surface area contributed by atoms with E-state index >= 15 is 0 Å². The smallest absolute Gasteiger partial charge is 0.207 e. The zero-order valence-electron chi connectivity index (χ0n) is 17.3. The fourth-order valence-electron chi connectivity index (χ4n) is 4.21. The summed E-state index contributed by atoms with van der Waals surface area (Å²) in [4.78, 5) is 0. The molecule has 0 fully saturated rings. The molecule has 1 aliphatic rings. The van der Waals surface area contributed by atoms with E-state index in [1.54, 1.807) is 0 Å². The van der Waals surface area contributed by atoms with E-state index in [4.69, 9.17) is 0 Å². The molecule has 0 nitrogen and oxygen atoms in total. The van der Waals surface area contributed by atoms with Crippen molar-refractivity contribution in [3.63, 3.8) is 0 Å². The molecule has 33 heavy (non-hydrogen) atoms. The molecule has 2 aromatic carbocycles. The second kappa shape index (κ2) is 8.29. The summed E-state index contributed by atoms with van der Waals surface area (Å²) in [5, 5.41) is -5.67. The Bertz CT molecular complexity index is 1060. The minimum Gasteiger partial charge on any atom is -0.207 e. The minimum atomic E-state index is -6.55. The number of alkyl halides is 7. The van der Waals surface area contributed by atoms with Crippen LogP contribution in [0.2, 0.25) is 0 Å². The van der Waals surface area contributed by atoms with Crippen molar-refractivity contribution in [2.45, 2.75) is 47.8 Å². The summed E-state index contributed by atoms with van der Waals surface area (Å²) in [6.07, 6.45) is -4.63. The first-order chi connectivity index (χ1) is 15.0. The Balaban J connectivity index is 2.24. The lowest BCUT2D eigenvalue weighted by Crippen LogP contribution is -2.52. The molecule has 1 aliphatic carbocycles. The number of benzene rings is 2. The first-order valence-corrected chi connectivity index (χ1v) is 10.4. The van der Waals surface area contributed by atoms with Crippen LogP contribution in [0.25, 0.3) is 0 Å². The maximum atomic E-state index is 14.8. The van der Waals surface area contributed by atoms with Crippen LogP contribution >= 0.6 is 11.8 Å². The van der Waals surface area contributed by atoms with Crippen molar-refractivity contribution < 1.29 is 39.5 Å². The van der Waals surface area contributed by atoms with Crippen molar-refractivity contribution in [2.75, 3.05) is 0 Å². The number of halogens is 9. The predicted molar refractivity (Wildman–Crippen MR) is 108 cm³/mol. The van der Waals surface area contributed by atoms with Crippen LogP contribution in [0.1, 0.15) is 31.4 Å². The molecule has 2 aromatic rings. The average Bonchev–Trinajstić information content (AvgIpc) is 2.66. The van der Waals surface area contributed by atoms with Gasteiger partial charge in [-0.1, -0.05) is 66.7 Å². The Morgan fingerprint density at radius 3 is 1.76 bits per heavy atom. The van der Waals surface area contributed by atoms with Crippen LogP contribution in [0.4, 0.5) is 39.5 Å². The van der Waals surface area contributed by atoms with Crippen molar-refractivity contribution in [2.24, 2.45) is 0 Å². The number of allylic oxidation sites excluding steroid dienone is 1. The first-order valence-electron chi connectivity index (χ1n) is 9.63. The van der Waals surface area contributed by atoms with Crippen LogP contribution < -0.4 is 0 Å². The topological polar surface area (TPSA) is 0 Å². The lowest BCUT2D eigenvalue weighted by molar-refractivity contribution is -0.330. The van der Waals surface area contributed by atoms with Crippen LogP contribution in [0.5, 0.6) is 0 Å². The molecule has 2 unspecified atom stereocenters. The van der Waals surface area contributed by atoms with E-state index in [1.807, 2.05) is 0 Å². The Morgan fingerprint density at radius 1 is 0.788 bits per heavy atom. The molecular formula is C23H18F9S. The maximum absolute atomic E-state index is 14.8. The molecule has 0 heterocycles. The summed E-state index contributed by atoms with van der Waals surface area (Å²) in [7, 11) is 0. The van der Waals surface area contributed by atoms with Gasteiger partial charge in [0.1, 0.15) is 11.6 Å². The lowest BCUT2D eigenvalue weighted by atomic mass is 9.66. The van der Waals surface area contributed by atoms with Gasteiger partial charge < -0.3 is 0 Å². The van der Waals surface area contributed by atoms with Gasteiger partial charge in [-0.15, -0.1) is 0 Å². The standard InChI is InChI=1S/C23H18F9S/c1-14-11-19(2,15-7-3-5-9-17(15)24)13-20(12-14,16-8-4-6-10-18(16)25)33-23(31,32)21(26,27)22(28,29)30/h3-12H,13H2,1-2H3. The van der Waals surface area contributed by atoms with Crippen molar-refractivity contribution in [1.82, 2.24) is 0 Å². The van der Waals surface area contributed by atoms with Crippen LogP contribution in [0.15, 0.2) is 60.2 Å². The van der Waals surface area contributed by atoms with Crippen LogP contribution in [-0.4, -0.2) is 17.4 Å². The summed E-state index contributed by atoms with van der Waals surface area (Å²) >= 11 is -0.984. The molecule has 0 saturated heterocycles. The van der Waals surface area contributed by atoms with E-state index in [1.165, 1.54) is 50.6 Å². The highest BCUT2D eigenvalue weighted by Gasteiger charge is 2.75. The molecule has 179 valence electrons. The molecule has 0 aliphatic heterocycles. The zero-order valence-corrected chi connectivity index (χ0v) is 18.1. The summed E-state index contributed by atoms with van der Waals surface area (Å²) in [6.45, 7) is 2.83. The average molecular weight is 497 g/mol. The first kappa shape index (κ1) is 25.5. The Morgan fingerprint density at radius 2 is 1.27 bits per heavy atom. The third kappa shape index (κ3) is 4.50. The van der Waals surface area contributed by atoms with E-state index in [2.05, 4.69) is 0 Å². The molecule has 3 rings (SSSR count). The van der Waals surface area contributed by atoms with Gasteiger partial charge in [-0.25, -0.2) is 8.78 Å².